The number of hydrogen-bond donors (Lipinski definition) is 1. The lowest BCUT2D eigenvalue weighted by Crippen LogP contribution is -2.05. The van der Waals surface area contributed by atoms with Crippen molar-refractivity contribution in [1.82, 2.24) is 5.32 Å². The Hall–Kier alpha value is -1.87. The largest absolute Gasteiger partial charge is 0.454 e. The molecule has 0 aliphatic heterocycles. The van der Waals surface area contributed by atoms with Crippen molar-refractivity contribution in [3.63, 3.8) is 0 Å². The molecule has 0 aromatic heterocycles. The van der Waals surface area contributed by atoms with Crippen LogP contribution in [0.2, 0.25) is 0 Å². The number of fused-ring (bicyclic) bond motifs is 1. The van der Waals surface area contributed by atoms with Gasteiger partial charge in [0.1, 0.15) is 5.75 Å². The molecule has 0 radical (unpaired) electrons. The van der Waals surface area contributed by atoms with Crippen molar-refractivity contribution < 1.29 is 9.13 Å². The van der Waals surface area contributed by atoms with Gasteiger partial charge in [-0.1, -0.05) is 12.1 Å². The maximum Gasteiger partial charge on any atom is 0.166 e. The molecule has 0 fully saturated rings. The third kappa shape index (κ3) is 2.68. The minimum Gasteiger partial charge on any atom is -0.454 e. The van der Waals surface area contributed by atoms with Crippen LogP contribution in [0.25, 0.3) is 0 Å². The summed E-state index contributed by atoms with van der Waals surface area (Å²) < 4.78 is 19.7. The molecule has 0 spiro atoms. The van der Waals surface area contributed by atoms with Gasteiger partial charge < -0.3 is 10.1 Å². The van der Waals surface area contributed by atoms with Crippen molar-refractivity contribution in [1.29, 1.82) is 0 Å². The van der Waals surface area contributed by atoms with Crippen molar-refractivity contribution in [2.24, 2.45) is 0 Å². The Morgan fingerprint density at radius 1 is 1.10 bits per heavy atom. The van der Waals surface area contributed by atoms with E-state index >= 15 is 0 Å². The second kappa shape index (κ2) is 5.63. The Bertz CT molecular complexity index is 624. The van der Waals surface area contributed by atoms with Crippen molar-refractivity contribution >= 4 is 0 Å². The molecule has 1 aliphatic carbocycles. The highest BCUT2D eigenvalue weighted by atomic mass is 19.1. The maximum absolute atomic E-state index is 14.0. The van der Waals surface area contributed by atoms with Crippen LogP contribution in [0, 0.1) is 5.82 Å². The molecule has 0 heterocycles. The van der Waals surface area contributed by atoms with Crippen LogP contribution in [0.1, 0.15) is 23.1 Å². The molecule has 0 saturated heterocycles. The lowest BCUT2D eigenvalue weighted by atomic mass is 10.1. The average Bonchev–Trinajstić information content (AvgIpc) is 2.90. The maximum atomic E-state index is 14.0. The molecule has 0 unspecified atom stereocenters. The molecule has 2 nitrogen and oxygen atoms in total. The van der Waals surface area contributed by atoms with Gasteiger partial charge in [-0.2, -0.15) is 0 Å². The zero-order valence-corrected chi connectivity index (χ0v) is 11.6. The minimum atomic E-state index is -0.321. The molecule has 2 aromatic rings. The van der Waals surface area contributed by atoms with E-state index in [2.05, 4.69) is 11.4 Å². The third-order valence-electron chi connectivity index (χ3n) is 3.67. The summed E-state index contributed by atoms with van der Waals surface area (Å²) in [7, 11) is 1.84. The predicted molar refractivity (Wildman–Crippen MR) is 77.7 cm³/mol. The van der Waals surface area contributed by atoms with E-state index in [0.717, 1.165) is 18.4 Å². The van der Waals surface area contributed by atoms with Crippen LogP contribution in [0.3, 0.4) is 0 Å². The second-order valence-corrected chi connectivity index (χ2v) is 5.18. The average molecular weight is 271 g/mol. The zero-order valence-electron chi connectivity index (χ0n) is 11.6. The summed E-state index contributed by atoms with van der Waals surface area (Å²) in [5.74, 6) is 0.673. The first-order chi connectivity index (χ1) is 9.76. The SMILES string of the molecule is CNCc1ccc(Oc2ccc3c(c2)CCC3)c(F)c1. The fourth-order valence-electron chi connectivity index (χ4n) is 2.68. The van der Waals surface area contributed by atoms with E-state index in [0.29, 0.717) is 12.3 Å². The Kier molecular flexibility index (Phi) is 3.70. The molecule has 0 amide bonds. The molecule has 2 aromatic carbocycles. The number of benzene rings is 2. The molecule has 3 heteroatoms. The molecule has 0 bridgehead atoms. The molecule has 0 saturated carbocycles. The molecular weight excluding hydrogens is 253 g/mol. The van der Waals surface area contributed by atoms with Crippen LogP contribution in [0.15, 0.2) is 36.4 Å². The summed E-state index contributed by atoms with van der Waals surface area (Å²) in [6, 6.07) is 11.1. The van der Waals surface area contributed by atoms with Crippen LogP contribution in [-0.4, -0.2) is 7.05 Å². The van der Waals surface area contributed by atoms with Gasteiger partial charge in [-0.15, -0.1) is 0 Å². The van der Waals surface area contributed by atoms with E-state index in [4.69, 9.17) is 4.74 Å². The normalized spacial score (nSPS) is 13.3. The van der Waals surface area contributed by atoms with Crippen LogP contribution in [0.4, 0.5) is 4.39 Å². The van der Waals surface area contributed by atoms with Crippen LogP contribution >= 0.6 is 0 Å². The number of ether oxygens (including phenoxy) is 1. The van der Waals surface area contributed by atoms with E-state index < -0.39 is 0 Å². The predicted octanol–water partition coefficient (Wildman–Crippen LogP) is 3.83. The quantitative estimate of drug-likeness (QED) is 0.912. The van der Waals surface area contributed by atoms with Crippen molar-refractivity contribution in [3.05, 3.63) is 58.9 Å². The Balaban J connectivity index is 1.80. The molecule has 104 valence electrons. The summed E-state index contributed by atoms with van der Waals surface area (Å²) in [5, 5.41) is 3.00. The van der Waals surface area contributed by atoms with E-state index in [1.807, 2.05) is 25.2 Å². The van der Waals surface area contributed by atoms with Crippen molar-refractivity contribution in [2.45, 2.75) is 25.8 Å². The zero-order chi connectivity index (χ0) is 13.9. The smallest absolute Gasteiger partial charge is 0.166 e. The number of rotatable bonds is 4. The molecule has 3 rings (SSSR count). The highest BCUT2D eigenvalue weighted by molar-refractivity contribution is 5.41. The first kappa shape index (κ1) is 13.1. The number of halogens is 1. The van der Waals surface area contributed by atoms with Crippen LogP contribution in [0.5, 0.6) is 11.5 Å². The molecule has 20 heavy (non-hydrogen) atoms. The fraction of sp³-hybridized carbons (Fsp3) is 0.294. The minimum absolute atomic E-state index is 0.280. The molecular formula is C17H18FNO. The molecule has 1 aliphatic rings. The van der Waals surface area contributed by atoms with Crippen molar-refractivity contribution in [2.75, 3.05) is 7.05 Å². The van der Waals surface area contributed by atoms with E-state index in [9.17, 15) is 4.39 Å². The summed E-state index contributed by atoms with van der Waals surface area (Å²) in [6.07, 6.45) is 3.44. The summed E-state index contributed by atoms with van der Waals surface area (Å²) in [6.45, 7) is 0.649. The third-order valence-corrected chi connectivity index (χ3v) is 3.67. The monoisotopic (exact) mass is 271 g/mol. The Labute approximate surface area is 118 Å². The Morgan fingerprint density at radius 2 is 1.95 bits per heavy atom. The number of aryl methyl sites for hydroxylation is 2. The van der Waals surface area contributed by atoms with Crippen molar-refractivity contribution in [3.8, 4) is 11.5 Å². The van der Waals surface area contributed by atoms with Gasteiger partial charge in [-0.05, 0) is 67.3 Å². The van der Waals surface area contributed by atoms with Gasteiger partial charge in [0, 0.05) is 6.54 Å². The fourth-order valence-corrected chi connectivity index (χ4v) is 2.68. The highest BCUT2D eigenvalue weighted by Gasteiger charge is 2.12. The lowest BCUT2D eigenvalue weighted by molar-refractivity contribution is 0.441. The molecule has 0 atom stereocenters. The lowest BCUT2D eigenvalue weighted by Gasteiger charge is -2.10. The van der Waals surface area contributed by atoms with E-state index in [-0.39, 0.29) is 11.6 Å². The van der Waals surface area contributed by atoms with Crippen LogP contribution < -0.4 is 10.1 Å². The molecule has 1 N–H and O–H groups in total. The van der Waals surface area contributed by atoms with Gasteiger partial charge in [0.25, 0.3) is 0 Å². The standard InChI is InChI=1S/C17H18FNO/c1-19-11-12-5-8-17(16(18)9-12)20-15-7-6-13-3-2-4-14(13)10-15/h5-10,19H,2-4,11H2,1H3. The summed E-state index contributed by atoms with van der Waals surface area (Å²) >= 11 is 0. The summed E-state index contributed by atoms with van der Waals surface area (Å²) in [5.41, 5.74) is 3.63. The number of hydrogen-bond acceptors (Lipinski definition) is 2. The topological polar surface area (TPSA) is 21.3 Å². The van der Waals surface area contributed by atoms with E-state index in [1.54, 1.807) is 6.07 Å². The number of nitrogens with one attached hydrogen (secondary N) is 1. The van der Waals surface area contributed by atoms with E-state index in [1.165, 1.54) is 23.6 Å². The van der Waals surface area contributed by atoms with Crippen LogP contribution in [-0.2, 0) is 19.4 Å². The van der Waals surface area contributed by atoms with Gasteiger partial charge in [-0.25, -0.2) is 4.39 Å². The second-order valence-electron chi connectivity index (χ2n) is 5.18. The highest BCUT2D eigenvalue weighted by Crippen LogP contribution is 2.30. The summed E-state index contributed by atoms with van der Waals surface area (Å²) in [4.78, 5) is 0. The van der Waals surface area contributed by atoms with Gasteiger partial charge in [0.2, 0.25) is 0 Å². The van der Waals surface area contributed by atoms with Gasteiger partial charge in [-0.3, -0.25) is 0 Å². The van der Waals surface area contributed by atoms with Gasteiger partial charge in [0.15, 0.2) is 11.6 Å². The Morgan fingerprint density at radius 3 is 2.75 bits per heavy atom. The first-order valence-electron chi connectivity index (χ1n) is 6.99. The van der Waals surface area contributed by atoms with Gasteiger partial charge >= 0.3 is 0 Å². The first-order valence-corrected chi connectivity index (χ1v) is 6.99. The van der Waals surface area contributed by atoms with Gasteiger partial charge in [0.05, 0.1) is 0 Å².